The summed E-state index contributed by atoms with van der Waals surface area (Å²) in [6.07, 6.45) is 1.17. The Morgan fingerprint density at radius 2 is 1.87 bits per heavy atom. The van der Waals surface area contributed by atoms with E-state index in [-0.39, 0.29) is 12.8 Å². The summed E-state index contributed by atoms with van der Waals surface area (Å²) in [7, 11) is 0. The van der Waals surface area contributed by atoms with Gasteiger partial charge < -0.3 is 16.2 Å². The summed E-state index contributed by atoms with van der Waals surface area (Å²) in [4.78, 5) is 21.7. The Labute approximate surface area is 90.1 Å². The summed E-state index contributed by atoms with van der Waals surface area (Å²) in [6.45, 7) is 4.46. The molecular weight excluding hydrogens is 196 g/mol. The number of carbonyl (C=O) groups excluding carboxylic acids is 2. The predicted molar refractivity (Wildman–Crippen MR) is 56.8 cm³/mol. The first kappa shape index (κ1) is 13.9. The topological polar surface area (TPSA) is 95.4 Å². The Hall–Kier alpha value is -1.10. The highest BCUT2D eigenvalue weighted by molar-refractivity contribution is 5.78. The molecule has 0 saturated heterocycles. The fourth-order valence-corrected chi connectivity index (χ4v) is 0.918. The van der Waals surface area contributed by atoms with Crippen LogP contribution in [0.25, 0.3) is 0 Å². The van der Waals surface area contributed by atoms with E-state index in [1.807, 2.05) is 13.8 Å². The molecule has 0 aliphatic rings. The van der Waals surface area contributed by atoms with Gasteiger partial charge in [0.15, 0.2) is 0 Å². The molecule has 0 heterocycles. The lowest BCUT2D eigenvalue weighted by Gasteiger charge is -2.11. The lowest BCUT2D eigenvalue weighted by Crippen LogP contribution is -2.33. The van der Waals surface area contributed by atoms with Gasteiger partial charge in [-0.15, -0.1) is 0 Å². The van der Waals surface area contributed by atoms with Gasteiger partial charge in [-0.2, -0.15) is 0 Å². The molecule has 0 aromatic rings. The van der Waals surface area contributed by atoms with Crippen LogP contribution >= 0.6 is 0 Å². The third-order valence-corrected chi connectivity index (χ3v) is 1.94. The zero-order chi connectivity index (χ0) is 11.8. The van der Waals surface area contributed by atoms with E-state index in [9.17, 15) is 9.59 Å². The number of carbonyl (C=O) groups is 2. The second-order valence-corrected chi connectivity index (χ2v) is 3.96. The first-order chi connectivity index (χ1) is 6.93. The van der Waals surface area contributed by atoms with Crippen molar-refractivity contribution in [2.24, 2.45) is 17.4 Å². The van der Waals surface area contributed by atoms with Crippen LogP contribution in [0.2, 0.25) is 0 Å². The van der Waals surface area contributed by atoms with Crippen LogP contribution in [0.3, 0.4) is 0 Å². The molecule has 0 bridgehead atoms. The normalized spacial score (nSPS) is 12.5. The van der Waals surface area contributed by atoms with Gasteiger partial charge in [0, 0.05) is 6.42 Å². The summed E-state index contributed by atoms with van der Waals surface area (Å²) in [5, 5.41) is 0. The van der Waals surface area contributed by atoms with E-state index in [2.05, 4.69) is 0 Å². The van der Waals surface area contributed by atoms with Crippen molar-refractivity contribution in [2.75, 3.05) is 6.61 Å². The highest BCUT2D eigenvalue weighted by Gasteiger charge is 2.15. The molecule has 0 aromatic carbocycles. The molecular formula is C10H20N2O3. The Morgan fingerprint density at radius 1 is 1.27 bits per heavy atom. The molecule has 0 fully saturated rings. The van der Waals surface area contributed by atoms with Crippen molar-refractivity contribution in [3.8, 4) is 0 Å². The molecule has 1 atom stereocenters. The number of esters is 1. The van der Waals surface area contributed by atoms with Crippen molar-refractivity contribution >= 4 is 11.9 Å². The van der Waals surface area contributed by atoms with Gasteiger partial charge in [-0.3, -0.25) is 9.59 Å². The van der Waals surface area contributed by atoms with Crippen molar-refractivity contribution in [2.45, 2.75) is 39.2 Å². The molecule has 4 N–H and O–H groups in total. The molecule has 0 saturated carbocycles. The van der Waals surface area contributed by atoms with Crippen LogP contribution in [0.5, 0.6) is 0 Å². The Morgan fingerprint density at radius 3 is 2.33 bits per heavy atom. The average Bonchev–Trinajstić information content (AvgIpc) is 2.13. The fraction of sp³-hybridized carbons (Fsp3) is 0.800. The fourth-order valence-electron chi connectivity index (χ4n) is 0.918. The standard InChI is InChI=1S/C10H20N2O3/c1-7(2)5-6-15-10(14)8(11)3-4-9(12)13/h7-8H,3-6,11H2,1-2H3,(H2,12,13). The van der Waals surface area contributed by atoms with E-state index >= 15 is 0 Å². The van der Waals surface area contributed by atoms with Gasteiger partial charge in [0.2, 0.25) is 5.91 Å². The van der Waals surface area contributed by atoms with Crippen molar-refractivity contribution in [3.05, 3.63) is 0 Å². The molecule has 0 aliphatic carbocycles. The van der Waals surface area contributed by atoms with Crippen LogP contribution in [0.15, 0.2) is 0 Å². The third-order valence-electron chi connectivity index (χ3n) is 1.94. The van der Waals surface area contributed by atoms with E-state index < -0.39 is 17.9 Å². The van der Waals surface area contributed by atoms with Crippen molar-refractivity contribution in [1.29, 1.82) is 0 Å². The van der Waals surface area contributed by atoms with Crippen LogP contribution < -0.4 is 11.5 Å². The summed E-state index contributed by atoms with van der Waals surface area (Å²) in [6, 6.07) is -0.746. The van der Waals surface area contributed by atoms with E-state index in [4.69, 9.17) is 16.2 Å². The van der Waals surface area contributed by atoms with Crippen molar-refractivity contribution in [3.63, 3.8) is 0 Å². The summed E-state index contributed by atoms with van der Waals surface area (Å²) >= 11 is 0. The van der Waals surface area contributed by atoms with Gasteiger partial charge >= 0.3 is 5.97 Å². The highest BCUT2D eigenvalue weighted by atomic mass is 16.5. The monoisotopic (exact) mass is 216 g/mol. The maximum absolute atomic E-state index is 11.2. The molecule has 1 amide bonds. The number of primary amides is 1. The maximum atomic E-state index is 11.2. The average molecular weight is 216 g/mol. The SMILES string of the molecule is CC(C)CCOC(=O)C(N)CCC(N)=O. The minimum absolute atomic E-state index is 0.112. The van der Waals surface area contributed by atoms with Crippen LogP contribution in [0, 0.1) is 5.92 Å². The Kier molecular flexibility index (Phi) is 6.70. The lowest BCUT2D eigenvalue weighted by atomic mass is 10.1. The van der Waals surface area contributed by atoms with E-state index in [0.717, 1.165) is 6.42 Å². The van der Waals surface area contributed by atoms with E-state index in [1.165, 1.54) is 0 Å². The largest absolute Gasteiger partial charge is 0.465 e. The Bertz CT molecular complexity index is 217. The van der Waals surface area contributed by atoms with Gasteiger partial charge in [-0.1, -0.05) is 13.8 Å². The molecule has 88 valence electrons. The predicted octanol–water partition coefficient (Wildman–Crippen LogP) is 0.169. The highest BCUT2D eigenvalue weighted by Crippen LogP contribution is 2.01. The number of hydrogen-bond acceptors (Lipinski definition) is 4. The van der Waals surface area contributed by atoms with Crippen LogP contribution in [-0.4, -0.2) is 24.5 Å². The molecule has 0 radical (unpaired) electrons. The number of amides is 1. The molecule has 0 rings (SSSR count). The number of nitrogens with two attached hydrogens (primary N) is 2. The molecule has 15 heavy (non-hydrogen) atoms. The van der Waals surface area contributed by atoms with Gasteiger partial charge in [-0.25, -0.2) is 0 Å². The van der Waals surface area contributed by atoms with Gasteiger partial charge in [0.1, 0.15) is 6.04 Å². The maximum Gasteiger partial charge on any atom is 0.322 e. The van der Waals surface area contributed by atoms with Crippen LogP contribution in [-0.2, 0) is 14.3 Å². The van der Waals surface area contributed by atoms with Gasteiger partial charge in [-0.05, 0) is 18.8 Å². The molecule has 0 aliphatic heterocycles. The van der Waals surface area contributed by atoms with Gasteiger partial charge in [0.25, 0.3) is 0 Å². The first-order valence-electron chi connectivity index (χ1n) is 5.14. The molecule has 5 nitrogen and oxygen atoms in total. The van der Waals surface area contributed by atoms with Crippen LogP contribution in [0.1, 0.15) is 33.1 Å². The lowest BCUT2D eigenvalue weighted by molar-refractivity contribution is -0.145. The minimum Gasteiger partial charge on any atom is -0.465 e. The number of rotatable bonds is 7. The smallest absolute Gasteiger partial charge is 0.322 e. The second kappa shape index (κ2) is 7.23. The molecule has 1 unspecified atom stereocenters. The summed E-state index contributed by atoms with van der Waals surface area (Å²) in [5.41, 5.74) is 10.4. The Balaban J connectivity index is 3.64. The van der Waals surface area contributed by atoms with E-state index in [1.54, 1.807) is 0 Å². The third kappa shape index (κ3) is 7.93. The molecule has 0 spiro atoms. The van der Waals surface area contributed by atoms with E-state index in [0.29, 0.717) is 12.5 Å². The van der Waals surface area contributed by atoms with Crippen molar-refractivity contribution in [1.82, 2.24) is 0 Å². The summed E-state index contributed by atoms with van der Waals surface area (Å²) < 4.78 is 4.93. The zero-order valence-electron chi connectivity index (χ0n) is 9.36. The summed E-state index contributed by atoms with van der Waals surface area (Å²) in [5.74, 6) is -0.433. The minimum atomic E-state index is -0.746. The first-order valence-corrected chi connectivity index (χ1v) is 5.14. The number of hydrogen-bond donors (Lipinski definition) is 2. The number of ether oxygens (including phenoxy) is 1. The quantitative estimate of drug-likeness (QED) is 0.593. The van der Waals surface area contributed by atoms with Crippen LogP contribution in [0.4, 0.5) is 0 Å². The molecule has 0 aromatic heterocycles. The van der Waals surface area contributed by atoms with Crippen molar-refractivity contribution < 1.29 is 14.3 Å². The zero-order valence-corrected chi connectivity index (χ0v) is 9.36. The van der Waals surface area contributed by atoms with Gasteiger partial charge in [0.05, 0.1) is 6.61 Å². The second-order valence-electron chi connectivity index (χ2n) is 3.96. The molecule has 5 heteroatoms.